The van der Waals surface area contributed by atoms with Crippen molar-refractivity contribution in [3.8, 4) is 5.75 Å². The fourth-order valence-electron chi connectivity index (χ4n) is 1.53. The molecule has 0 aliphatic carbocycles. The standard InChI is InChI=1S/C15H14O3S/c1-12-7-9-14(10-8-12)19(17)11-15(16)18-13-5-3-2-4-6-13/h2-10H,11H2,1H3/t19-/m1/s1. The van der Waals surface area contributed by atoms with E-state index in [0.29, 0.717) is 10.6 Å². The van der Waals surface area contributed by atoms with Crippen molar-refractivity contribution >= 4 is 16.8 Å². The quantitative estimate of drug-likeness (QED) is 0.636. The predicted molar refractivity (Wildman–Crippen MR) is 74.5 cm³/mol. The Morgan fingerprint density at radius 1 is 1.05 bits per heavy atom. The monoisotopic (exact) mass is 274 g/mol. The summed E-state index contributed by atoms with van der Waals surface area (Å²) in [5.74, 6) is -0.170. The molecule has 0 N–H and O–H groups in total. The Kier molecular flexibility index (Phi) is 4.47. The van der Waals surface area contributed by atoms with Gasteiger partial charge >= 0.3 is 5.97 Å². The molecule has 2 aromatic rings. The molecule has 3 nitrogen and oxygen atoms in total. The molecule has 0 spiro atoms. The number of esters is 1. The second kappa shape index (κ2) is 6.29. The van der Waals surface area contributed by atoms with E-state index in [1.54, 1.807) is 36.4 Å². The molecule has 0 aliphatic heterocycles. The Hall–Kier alpha value is -1.94. The zero-order chi connectivity index (χ0) is 13.7. The number of hydrogen-bond acceptors (Lipinski definition) is 3. The van der Waals surface area contributed by atoms with Crippen LogP contribution in [0.4, 0.5) is 0 Å². The molecule has 0 unspecified atom stereocenters. The van der Waals surface area contributed by atoms with Crippen LogP contribution >= 0.6 is 0 Å². The molecule has 98 valence electrons. The number of hydrogen-bond donors (Lipinski definition) is 0. The van der Waals surface area contributed by atoms with E-state index in [9.17, 15) is 9.00 Å². The Bertz CT molecular complexity index is 576. The van der Waals surface area contributed by atoms with Gasteiger partial charge in [-0.1, -0.05) is 35.9 Å². The first kappa shape index (κ1) is 13.5. The van der Waals surface area contributed by atoms with E-state index >= 15 is 0 Å². The van der Waals surface area contributed by atoms with Crippen molar-refractivity contribution in [2.75, 3.05) is 5.75 Å². The number of para-hydroxylation sites is 1. The fourth-order valence-corrected chi connectivity index (χ4v) is 2.41. The maximum absolute atomic E-state index is 12.0. The molecular formula is C15H14O3S. The zero-order valence-corrected chi connectivity index (χ0v) is 11.4. The lowest BCUT2D eigenvalue weighted by Crippen LogP contribution is -2.17. The highest BCUT2D eigenvalue weighted by atomic mass is 32.2. The van der Waals surface area contributed by atoms with E-state index in [-0.39, 0.29) is 5.75 Å². The van der Waals surface area contributed by atoms with Crippen LogP contribution in [0, 0.1) is 6.92 Å². The Morgan fingerprint density at radius 2 is 1.68 bits per heavy atom. The van der Waals surface area contributed by atoms with Gasteiger partial charge in [0.1, 0.15) is 11.5 Å². The van der Waals surface area contributed by atoms with E-state index in [1.165, 1.54) is 0 Å². The summed E-state index contributed by atoms with van der Waals surface area (Å²) in [6.07, 6.45) is 0. The average molecular weight is 274 g/mol. The van der Waals surface area contributed by atoms with E-state index in [4.69, 9.17) is 4.74 Å². The minimum atomic E-state index is -1.37. The molecule has 0 fully saturated rings. The molecule has 2 rings (SSSR count). The highest BCUT2D eigenvalue weighted by molar-refractivity contribution is 7.85. The van der Waals surface area contributed by atoms with E-state index in [1.807, 2.05) is 25.1 Å². The topological polar surface area (TPSA) is 43.4 Å². The number of carbonyl (C=O) groups excluding carboxylic acids is 1. The Balaban J connectivity index is 1.95. The van der Waals surface area contributed by atoms with Gasteiger partial charge in [-0.15, -0.1) is 0 Å². The highest BCUT2D eigenvalue weighted by Crippen LogP contribution is 2.11. The van der Waals surface area contributed by atoms with Crippen LogP contribution in [0.25, 0.3) is 0 Å². The largest absolute Gasteiger partial charge is 0.426 e. The Labute approximate surface area is 114 Å². The lowest BCUT2D eigenvalue weighted by atomic mass is 10.2. The average Bonchev–Trinajstić information content (AvgIpc) is 2.40. The molecule has 0 aromatic heterocycles. The number of aryl methyl sites for hydroxylation is 1. The van der Waals surface area contributed by atoms with E-state index in [0.717, 1.165) is 5.56 Å². The molecule has 0 amide bonds. The second-order valence-corrected chi connectivity index (χ2v) is 5.54. The fraction of sp³-hybridized carbons (Fsp3) is 0.133. The molecule has 19 heavy (non-hydrogen) atoms. The van der Waals surface area contributed by atoms with Crippen LogP contribution in [0.5, 0.6) is 5.75 Å². The van der Waals surface area contributed by atoms with Crippen LogP contribution in [0.2, 0.25) is 0 Å². The summed E-state index contributed by atoms with van der Waals surface area (Å²) in [4.78, 5) is 12.3. The van der Waals surface area contributed by atoms with Gasteiger partial charge in [0.25, 0.3) is 0 Å². The van der Waals surface area contributed by atoms with Crippen LogP contribution < -0.4 is 4.74 Å². The Morgan fingerprint density at radius 3 is 2.32 bits per heavy atom. The first-order chi connectivity index (χ1) is 9.15. The minimum absolute atomic E-state index is 0.141. The van der Waals surface area contributed by atoms with Gasteiger partial charge in [-0.05, 0) is 31.2 Å². The highest BCUT2D eigenvalue weighted by Gasteiger charge is 2.12. The molecule has 1 atom stereocenters. The van der Waals surface area contributed by atoms with Gasteiger partial charge in [0.15, 0.2) is 0 Å². The van der Waals surface area contributed by atoms with Gasteiger partial charge in [-0.2, -0.15) is 0 Å². The molecule has 0 saturated heterocycles. The van der Waals surface area contributed by atoms with E-state index < -0.39 is 16.8 Å². The molecule has 2 aromatic carbocycles. The van der Waals surface area contributed by atoms with Gasteiger partial charge in [0, 0.05) is 4.90 Å². The van der Waals surface area contributed by atoms with Crippen molar-refractivity contribution in [3.63, 3.8) is 0 Å². The molecular weight excluding hydrogens is 260 g/mol. The summed E-state index contributed by atoms with van der Waals surface area (Å²) in [5, 5.41) is 0. The van der Waals surface area contributed by atoms with Crippen molar-refractivity contribution < 1.29 is 13.7 Å². The van der Waals surface area contributed by atoms with Crippen molar-refractivity contribution in [3.05, 3.63) is 60.2 Å². The van der Waals surface area contributed by atoms with Gasteiger partial charge in [-0.25, -0.2) is 0 Å². The van der Waals surface area contributed by atoms with Crippen molar-refractivity contribution in [2.45, 2.75) is 11.8 Å². The summed E-state index contributed by atoms with van der Waals surface area (Å²) in [6.45, 7) is 1.95. The summed E-state index contributed by atoms with van der Waals surface area (Å²) in [6, 6.07) is 16.0. The van der Waals surface area contributed by atoms with Crippen molar-refractivity contribution in [2.24, 2.45) is 0 Å². The third-order valence-corrected chi connectivity index (χ3v) is 3.80. The lowest BCUT2D eigenvalue weighted by molar-refractivity contribution is -0.131. The number of ether oxygens (including phenoxy) is 1. The third kappa shape index (κ3) is 4.03. The molecule has 4 heteroatoms. The molecule has 0 aliphatic rings. The van der Waals surface area contributed by atoms with Crippen LogP contribution in [-0.2, 0) is 15.6 Å². The summed E-state index contributed by atoms with van der Waals surface area (Å²) in [7, 11) is -1.37. The minimum Gasteiger partial charge on any atom is -0.426 e. The number of carbonyl (C=O) groups is 1. The van der Waals surface area contributed by atoms with Crippen LogP contribution in [0.1, 0.15) is 5.56 Å². The normalized spacial score (nSPS) is 11.8. The maximum Gasteiger partial charge on any atom is 0.324 e. The smallest absolute Gasteiger partial charge is 0.324 e. The second-order valence-electron chi connectivity index (χ2n) is 4.09. The van der Waals surface area contributed by atoms with Crippen molar-refractivity contribution in [1.82, 2.24) is 0 Å². The SMILES string of the molecule is Cc1ccc([S@](=O)CC(=O)Oc2ccccc2)cc1. The lowest BCUT2D eigenvalue weighted by Gasteiger charge is -2.04. The molecule has 0 heterocycles. The van der Waals surface area contributed by atoms with Crippen LogP contribution in [0.3, 0.4) is 0 Å². The molecule has 0 radical (unpaired) electrons. The van der Waals surface area contributed by atoms with E-state index in [2.05, 4.69) is 0 Å². The van der Waals surface area contributed by atoms with Crippen molar-refractivity contribution in [1.29, 1.82) is 0 Å². The predicted octanol–water partition coefficient (Wildman–Crippen LogP) is 2.71. The van der Waals surface area contributed by atoms with Crippen LogP contribution in [0.15, 0.2) is 59.5 Å². The third-order valence-electron chi connectivity index (χ3n) is 2.51. The van der Waals surface area contributed by atoms with Gasteiger partial charge in [0.2, 0.25) is 0 Å². The number of benzene rings is 2. The first-order valence-electron chi connectivity index (χ1n) is 5.86. The zero-order valence-electron chi connectivity index (χ0n) is 10.5. The first-order valence-corrected chi connectivity index (χ1v) is 7.18. The summed E-state index contributed by atoms with van der Waals surface area (Å²) >= 11 is 0. The maximum atomic E-state index is 12.0. The van der Waals surface area contributed by atoms with Gasteiger partial charge < -0.3 is 4.74 Å². The van der Waals surface area contributed by atoms with Gasteiger partial charge in [0.05, 0.1) is 10.8 Å². The van der Waals surface area contributed by atoms with Gasteiger partial charge in [-0.3, -0.25) is 9.00 Å². The molecule has 0 bridgehead atoms. The molecule has 0 saturated carbocycles. The summed E-state index contributed by atoms with van der Waals surface area (Å²) < 4.78 is 17.1. The summed E-state index contributed by atoms with van der Waals surface area (Å²) in [5.41, 5.74) is 1.09. The number of rotatable bonds is 4. The van der Waals surface area contributed by atoms with Crippen LogP contribution in [-0.4, -0.2) is 15.9 Å².